The average Bonchev–Trinajstić information content (AvgIpc) is 2.87. The van der Waals surface area contributed by atoms with E-state index in [1.54, 1.807) is 48.3 Å². The lowest BCUT2D eigenvalue weighted by Crippen LogP contribution is -2.18. The maximum atomic E-state index is 11.4. The lowest BCUT2D eigenvalue weighted by Gasteiger charge is -2.02. The van der Waals surface area contributed by atoms with Crippen molar-refractivity contribution in [1.29, 1.82) is 0 Å². The summed E-state index contributed by atoms with van der Waals surface area (Å²) in [7, 11) is 1.56. The van der Waals surface area contributed by atoms with Crippen LogP contribution < -0.4 is 5.32 Å². The zero-order valence-electron chi connectivity index (χ0n) is 10.2. The Balaban J connectivity index is 2.29. The Labute approximate surface area is 104 Å². The van der Waals surface area contributed by atoms with Crippen LogP contribution in [-0.2, 0) is 0 Å². The number of Topliss-reactive ketones (excluding diaryl/α,β-unsaturated/α-hetero) is 1. The molecule has 0 atom stereocenters. The van der Waals surface area contributed by atoms with Gasteiger partial charge in [0.25, 0.3) is 5.91 Å². The Hall–Kier alpha value is -2.43. The lowest BCUT2D eigenvalue weighted by molar-refractivity contribution is 0.0956. The summed E-state index contributed by atoms with van der Waals surface area (Å²) in [6.07, 6.45) is 1.70. The number of aromatic nitrogens is 2. The molecule has 18 heavy (non-hydrogen) atoms. The molecule has 2 rings (SSSR count). The largest absolute Gasteiger partial charge is 0.354 e. The molecule has 1 aromatic heterocycles. The van der Waals surface area contributed by atoms with Crippen molar-refractivity contribution >= 4 is 11.7 Å². The normalized spacial score (nSPS) is 10.1. The lowest BCUT2D eigenvalue weighted by atomic mass is 10.1. The second-order valence-corrected chi connectivity index (χ2v) is 3.83. The Bertz CT molecular complexity index is 585. The van der Waals surface area contributed by atoms with Gasteiger partial charge in [0.2, 0.25) is 0 Å². The quantitative estimate of drug-likeness (QED) is 0.829. The Morgan fingerprint density at radius 2 is 1.83 bits per heavy atom. The molecule has 0 bridgehead atoms. The van der Waals surface area contributed by atoms with Gasteiger partial charge >= 0.3 is 0 Å². The van der Waals surface area contributed by atoms with E-state index in [-0.39, 0.29) is 11.7 Å². The van der Waals surface area contributed by atoms with Crippen molar-refractivity contribution < 1.29 is 9.59 Å². The SMILES string of the molecule is CNC(=O)c1ccn(-c2ccc(C(C)=O)cc2)n1. The minimum Gasteiger partial charge on any atom is -0.354 e. The first-order chi connectivity index (χ1) is 8.61. The summed E-state index contributed by atoms with van der Waals surface area (Å²) >= 11 is 0. The number of hydrogen-bond acceptors (Lipinski definition) is 3. The van der Waals surface area contributed by atoms with Gasteiger partial charge in [-0.1, -0.05) is 0 Å². The highest BCUT2D eigenvalue weighted by Gasteiger charge is 2.08. The zero-order valence-corrected chi connectivity index (χ0v) is 10.2. The molecule has 0 aliphatic heterocycles. The van der Waals surface area contributed by atoms with Gasteiger partial charge in [-0.05, 0) is 37.3 Å². The van der Waals surface area contributed by atoms with Crippen molar-refractivity contribution in [2.24, 2.45) is 0 Å². The third-order valence-corrected chi connectivity index (χ3v) is 2.59. The maximum absolute atomic E-state index is 11.4. The highest BCUT2D eigenvalue weighted by molar-refractivity contribution is 5.94. The predicted octanol–water partition coefficient (Wildman–Crippen LogP) is 1.43. The highest BCUT2D eigenvalue weighted by atomic mass is 16.1. The van der Waals surface area contributed by atoms with Gasteiger partial charge in [-0.2, -0.15) is 5.10 Å². The molecule has 0 aliphatic rings. The van der Waals surface area contributed by atoms with Gasteiger partial charge in [0, 0.05) is 18.8 Å². The fourth-order valence-corrected chi connectivity index (χ4v) is 1.57. The third-order valence-electron chi connectivity index (χ3n) is 2.59. The molecule has 0 spiro atoms. The van der Waals surface area contributed by atoms with Gasteiger partial charge in [-0.25, -0.2) is 4.68 Å². The Morgan fingerprint density at radius 3 is 2.39 bits per heavy atom. The van der Waals surface area contributed by atoms with E-state index in [0.29, 0.717) is 11.3 Å². The molecule has 1 heterocycles. The molecule has 0 saturated carbocycles. The van der Waals surface area contributed by atoms with Gasteiger partial charge in [0.15, 0.2) is 11.5 Å². The van der Waals surface area contributed by atoms with Gasteiger partial charge in [0.1, 0.15) is 0 Å². The molecular weight excluding hydrogens is 230 g/mol. The van der Waals surface area contributed by atoms with E-state index in [4.69, 9.17) is 0 Å². The van der Waals surface area contributed by atoms with Crippen molar-refractivity contribution in [3.63, 3.8) is 0 Å². The van der Waals surface area contributed by atoms with Crippen LogP contribution in [0.4, 0.5) is 0 Å². The number of ketones is 1. The number of amides is 1. The summed E-state index contributed by atoms with van der Waals surface area (Å²) in [5, 5.41) is 6.66. The van der Waals surface area contributed by atoms with Crippen molar-refractivity contribution in [2.45, 2.75) is 6.92 Å². The third kappa shape index (κ3) is 2.29. The van der Waals surface area contributed by atoms with Gasteiger partial charge in [-0.3, -0.25) is 9.59 Å². The summed E-state index contributed by atoms with van der Waals surface area (Å²) < 4.78 is 1.59. The summed E-state index contributed by atoms with van der Waals surface area (Å²) in [6.45, 7) is 1.52. The second-order valence-electron chi connectivity index (χ2n) is 3.83. The number of carbonyl (C=O) groups is 2. The van der Waals surface area contributed by atoms with E-state index in [1.165, 1.54) is 6.92 Å². The van der Waals surface area contributed by atoms with Crippen LogP contribution in [0.2, 0.25) is 0 Å². The topological polar surface area (TPSA) is 64.0 Å². The van der Waals surface area contributed by atoms with Crippen LogP contribution in [0.1, 0.15) is 27.8 Å². The summed E-state index contributed by atoms with van der Waals surface area (Å²) in [5.41, 5.74) is 1.81. The highest BCUT2D eigenvalue weighted by Crippen LogP contribution is 2.10. The van der Waals surface area contributed by atoms with Crippen LogP contribution in [0.3, 0.4) is 0 Å². The summed E-state index contributed by atoms with van der Waals surface area (Å²) in [4.78, 5) is 22.5. The maximum Gasteiger partial charge on any atom is 0.271 e. The number of hydrogen-bond donors (Lipinski definition) is 1. The van der Waals surface area contributed by atoms with Gasteiger partial charge < -0.3 is 5.32 Å². The molecule has 5 nitrogen and oxygen atoms in total. The molecular formula is C13H13N3O2. The van der Waals surface area contributed by atoms with Crippen molar-refractivity contribution in [2.75, 3.05) is 7.05 Å². The molecule has 0 saturated heterocycles. The van der Waals surface area contributed by atoms with E-state index in [9.17, 15) is 9.59 Å². The first-order valence-corrected chi connectivity index (χ1v) is 5.51. The first kappa shape index (κ1) is 12.0. The van der Waals surface area contributed by atoms with E-state index in [0.717, 1.165) is 5.69 Å². The van der Waals surface area contributed by atoms with E-state index in [2.05, 4.69) is 10.4 Å². The molecule has 0 radical (unpaired) electrons. The second kappa shape index (κ2) is 4.83. The fraction of sp³-hybridized carbons (Fsp3) is 0.154. The van der Waals surface area contributed by atoms with Crippen molar-refractivity contribution in [1.82, 2.24) is 15.1 Å². The van der Waals surface area contributed by atoms with Crippen LogP contribution in [0.5, 0.6) is 0 Å². The van der Waals surface area contributed by atoms with Crippen LogP contribution >= 0.6 is 0 Å². The summed E-state index contributed by atoms with van der Waals surface area (Å²) in [6, 6.07) is 8.68. The van der Waals surface area contributed by atoms with Crippen molar-refractivity contribution in [3.05, 3.63) is 47.8 Å². The molecule has 1 N–H and O–H groups in total. The molecule has 0 fully saturated rings. The molecule has 92 valence electrons. The number of carbonyl (C=O) groups excluding carboxylic acids is 2. The van der Waals surface area contributed by atoms with Gasteiger partial charge in [0.05, 0.1) is 5.69 Å². The number of nitrogens with one attached hydrogen (secondary N) is 1. The van der Waals surface area contributed by atoms with Crippen LogP contribution in [0.25, 0.3) is 5.69 Å². The zero-order chi connectivity index (χ0) is 13.1. The van der Waals surface area contributed by atoms with Gasteiger partial charge in [-0.15, -0.1) is 0 Å². The Morgan fingerprint density at radius 1 is 1.17 bits per heavy atom. The van der Waals surface area contributed by atoms with Crippen LogP contribution in [0, 0.1) is 0 Å². The number of nitrogens with zero attached hydrogens (tertiary/aromatic N) is 2. The van der Waals surface area contributed by atoms with Crippen molar-refractivity contribution in [3.8, 4) is 5.69 Å². The predicted molar refractivity (Wildman–Crippen MR) is 67.0 cm³/mol. The molecule has 2 aromatic rings. The minimum absolute atomic E-state index is 0.0214. The smallest absolute Gasteiger partial charge is 0.271 e. The standard InChI is InChI=1S/C13H13N3O2/c1-9(17)10-3-5-11(6-4-10)16-8-7-12(15-16)13(18)14-2/h3-8H,1-2H3,(H,14,18). The fourth-order valence-electron chi connectivity index (χ4n) is 1.57. The molecule has 1 amide bonds. The van der Waals surface area contributed by atoms with E-state index < -0.39 is 0 Å². The van der Waals surface area contributed by atoms with E-state index >= 15 is 0 Å². The minimum atomic E-state index is -0.228. The monoisotopic (exact) mass is 243 g/mol. The average molecular weight is 243 g/mol. The van der Waals surface area contributed by atoms with Crippen LogP contribution in [-0.4, -0.2) is 28.5 Å². The number of benzene rings is 1. The molecule has 1 aromatic carbocycles. The molecule has 0 aliphatic carbocycles. The van der Waals surface area contributed by atoms with Crippen LogP contribution in [0.15, 0.2) is 36.5 Å². The Kier molecular flexibility index (Phi) is 3.23. The molecule has 0 unspecified atom stereocenters. The van der Waals surface area contributed by atoms with E-state index in [1.807, 2.05) is 0 Å². The summed E-state index contributed by atoms with van der Waals surface area (Å²) in [5.74, 6) is -0.206. The first-order valence-electron chi connectivity index (χ1n) is 5.51. The molecule has 5 heteroatoms. The number of rotatable bonds is 3.